The molecule has 0 amide bonds. The van der Waals surface area contributed by atoms with Crippen LogP contribution in [0.3, 0.4) is 0 Å². The van der Waals surface area contributed by atoms with Crippen molar-refractivity contribution < 1.29 is 23.4 Å². The molecule has 0 saturated carbocycles. The number of ether oxygens (including phenoxy) is 3. The van der Waals surface area contributed by atoms with Crippen molar-refractivity contribution >= 4 is 5.78 Å². The second kappa shape index (κ2) is 8.93. The minimum atomic E-state index is -0.334. The van der Waals surface area contributed by atoms with Gasteiger partial charge in [-0.05, 0) is 48.5 Å². The Morgan fingerprint density at radius 3 is 2.16 bits per heavy atom. The Hall–Kier alpha value is -4.13. The van der Waals surface area contributed by atoms with E-state index < -0.39 is 0 Å². The molecule has 0 bridgehead atoms. The third-order valence-electron chi connectivity index (χ3n) is 5.06. The fourth-order valence-corrected chi connectivity index (χ4v) is 3.49. The van der Waals surface area contributed by atoms with Gasteiger partial charge in [-0.3, -0.25) is 9.78 Å². The summed E-state index contributed by atoms with van der Waals surface area (Å²) < 4.78 is 31.3. The van der Waals surface area contributed by atoms with E-state index in [0.717, 1.165) is 0 Å². The number of halogens is 1. The van der Waals surface area contributed by atoms with Crippen LogP contribution >= 0.6 is 0 Å². The van der Waals surface area contributed by atoms with Gasteiger partial charge < -0.3 is 18.8 Å². The highest BCUT2D eigenvalue weighted by Gasteiger charge is 2.22. The molecule has 2 aromatic heterocycles. The Balaban J connectivity index is 1.87. The number of carbonyl (C=O) groups excluding carboxylic acids is 1. The Kier molecular flexibility index (Phi) is 5.89. The van der Waals surface area contributed by atoms with Gasteiger partial charge in [-0.2, -0.15) is 0 Å². The van der Waals surface area contributed by atoms with E-state index in [1.54, 1.807) is 53.5 Å². The van der Waals surface area contributed by atoms with Crippen LogP contribution in [0.15, 0.2) is 73.2 Å². The van der Waals surface area contributed by atoms with Crippen LogP contribution < -0.4 is 14.2 Å². The monoisotopic (exact) mass is 432 g/mol. The Morgan fingerprint density at radius 1 is 0.906 bits per heavy atom. The molecule has 4 aromatic rings. The van der Waals surface area contributed by atoms with Gasteiger partial charge in [0, 0.05) is 41.0 Å². The summed E-state index contributed by atoms with van der Waals surface area (Å²) in [5, 5.41) is 0. The molecule has 6 nitrogen and oxygen atoms in total. The Bertz CT molecular complexity index is 1230. The molecule has 2 aromatic carbocycles. The molecule has 32 heavy (non-hydrogen) atoms. The third-order valence-corrected chi connectivity index (χ3v) is 5.06. The quantitative estimate of drug-likeness (QED) is 0.387. The second-order valence-electron chi connectivity index (χ2n) is 6.93. The van der Waals surface area contributed by atoms with Gasteiger partial charge in [0.05, 0.1) is 27.0 Å². The lowest BCUT2D eigenvalue weighted by molar-refractivity contribution is 0.103. The van der Waals surface area contributed by atoms with Gasteiger partial charge >= 0.3 is 0 Å². The molecule has 0 aliphatic heterocycles. The van der Waals surface area contributed by atoms with Crippen LogP contribution in [0, 0.1) is 5.82 Å². The zero-order valence-corrected chi connectivity index (χ0v) is 17.8. The number of hydrogen-bond acceptors (Lipinski definition) is 5. The van der Waals surface area contributed by atoms with E-state index in [1.807, 2.05) is 12.1 Å². The number of methoxy groups -OCH3 is 3. The normalized spacial score (nSPS) is 10.6. The number of rotatable bonds is 7. The van der Waals surface area contributed by atoms with Gasteiger partial charge in [0.1, 0.15) is 5.82 Å². The van der Waals surface area contributed by atoms with Gasteiger partial charge in [0.2, 0.25) is 5.75 Å². The van der Waals surface area contributed by atoms with Crippen LogP contribution in [0.1, 0.15) is 15.9 Å². The zero-order valence-electron chi connectivity index (χ0n) is 17.8. The SMILES string of the molecule is COc1cc(C(=O)c2cn(-c3ccc(F)cc3)cc2-c2ccccn2)cc(OC)c1OC. The maximum Gasteiger partial charge on any atom is 0.203 e. The molecule has 2 heterocycles. The van der Waals surface area contributed by atoms with Gasteiger partial charge in [0.25, 0.3) is 0 Å². The summed E-state index contributed by atoms with van der Waals surface area (Å²) in [5.41, 5.74) is 2.81. The average molecular weight is 432 g/mol. The summed E-state index contributed by atoms with van der Waals surface area (Å²) in [5.74, 6) is 0.589. The maximum absolute atomic E-state index is 13.6. The van der Waals surface area contributed by atoms with E-state index >= 15 is 0 Å². The van der Waals surface area contributed by atoms with Gasteiger partial charge in [-0.1, -0.05) is 6.07 Å². The van der Waals surface area contributed by atoms with Gasteiger partial charge in [-0.15, -0.1) is 0 Å². The van der Waals surface area contributed by atoms with Crippen LogP contribution in [-0.4, -0.2) is 36.7 Å². The number of hydrogen-bond donors (Lipinski definition) is 0. The van der Waals surface area contributed by atoms with Gasteiger partial charge in [-0.25, -0.2) is 4.39 Å². The fraction of sp³-hybridized carbons (Fsp3) is 0.120. The van der Waals surface area contributed by atoms with Crippen molar-refractivity contribution in [1.29, 1.82) is 0 Å². The van der Waals surface area contributed by atoms with Crippen LogP contribution in [0.2, 0.25) is 0 Å². The predicted octanol–water partition coefficient (Wildman–Crippen LogP) is 4.94. The van der Waals surface area contributed by atoms with E-state index in [2.05, 4.69) is 4.98 Å². The number of pyridine rings is 1. The van der Waals surface area contributed by atoms with Crippen molar-refractivity contribution in [3.05, 3.63) is 90.1 Å². The second-order valence-corrected chi connectivity index (χ2v) is 6.93. The van der Waals surface area contributed by atoms with Crippen LogP contribution in [0.4, 0.5) is 4.39 Å². The first-order valence-corrected chi connectivity index (χ1v) is 9.79. The molecule has 4 rings (SSSR count). The van der Waals surface area contributed by atoms with E-state index in [4.69, 9.17) is 14.2 Å². The molecule has 7 heteroatoms. The summed E-state index contributed by atoms with van der Waals surface area (Å²) in [6.07, 6.45) is 5.18. The summed E-state index contributed by atoms with van der Waals surface area (Å²) in [4.78, 5) is 18.0. The molecule has 0 atom stereocenters. The van der Waals surface area contributed by atoms with Crippen molar-refractivity contribution in [3.63, 3.8) is 0 Å². The topological polar surface area (TPSA) is 62.6 Å². The summed E-state index contributed by atoms with van der Waals surface area (Å²) in [7, 11) is 4.50. The standard InChI is InChI=1S/C25H21FN2O4/c1-30-22-12-16(13-23(31-2)25(22)32-3)24(29)20-15-28(18-9-7-17(26)8-10-18)14-19(20)21-6-4-5-11-27-21/h4-15H,1-3H3. The number of ketones is 1. The first-order chi connectivity index (χ1) is 15.5. The molecule has 0 unspecified atom stereocenters. The minimum absolute atomic E-state index is 0.245. The maximum atomic E-state index is 13.6. The minimum Gasteiger partial charge on any atom is -0.493 e. The lowest BCUT2D eigenvalue weighted by Gasteiger charge is -2.13. The number of benzene rings is 2. The zero-order chi connectivity index (χ0) is 22.7. The summed E-state index contributed by atoms with van der Waals surface area (Å²) in [6.45, 7) is 0. The van der Waals surface area contributed by atoms with Crippen LogP contribution in [0.5, 0.6) is 17.2 Å². The molecule has 0 fully saturated rings. The lowest BCUT2D eigenvalue weighted by atomic mass is 10.00. The van der Waals surface area contributed by atoms with Crippen LogP contribution in [-0.2, 0) is 0 Å². The van der Waals surface area contributed by atoms with Crippen molar-refractivity contribution in [2.45, 2.75) is 0 Å². The van der Waals surface area contributed by atoms with Gasteiger partial charge in [0.15, 0.2) is 17.3 Å². The van der Waals surface area contributed by atoms with Crippen molar-refractivity contribution in [2.75, 3.05) is 21.3 Å². The highest BCUT2D eigenvalue weighted by Crippen LogP contribution is 2.39. The Morgan fingerprint density at radius 2 is 1.59 bits per heavy atom. The molecular formula is C25H21FN2O4. The van der Waals surface area contributed by atoms with E-state index in [1.165, 1.54) is 33.5 Å². The fourth-order valence-electron chi connectivity index (χ4n) is 3.49. The molecule has 0 aliphatic rings. The molecule has 0 spiro atoms. The molecule has 0 radical (unpaired) electrons. The molecular weight excluding hydrogens is 411 g/mol. The summed E-state index contributed by atoms with van der Waals surface area (Å²) in [6, 6.07) is 14.7. The van der Waals surface area contributed by atoms with E-state index in [9.17, 15) is 9.18 Å². The highest BCUT2D eigenvalue weighted by molar-refractivity contribution is 6.13. The van der Waals surface area contributed by atoms with Crippen LogP contribution in [0.25, 0.3) is 16.9 Å². The largest absolute Gasteiger partial charge is 0.493 e. The number of carbonyl (C=O) groups is 1. The highest BCUT2D eigenvalue weighted by atomic mass is 19.1. The van der Waals surface area contributed by atoms with E-state index in [0.29, 0.717) is 45.3 Å². The molecule has 0 saturated heterocycles. The Labute approximate surface area is 184 Å². The number of nitrogens with zero attached hydrogens (tertiary/aromatic N) is 2. The smallest absolute Gasteiger partial charge is 0.203 e. The first-order valence-electron chi connectivity index (χ1n) is 9.79. The number of aromatic nitrogens is 2. The average Bonchev–Trinajstić information content (AvgIpc) is 3.29. The molecule has 0 aliphatic carbocycles. The summed E-state index contributed by atoms with van der Waals surface area (Å²) >= 11 is 0. The van der Waals surface area contributed by atoms with Crippen molar-refractivity contribution in [3.8, 4) is 34.2 Å². The van der Waals surface area contributed by atoms with Crippen molar-refractivity contribution in [2.24, 2.45) is 0 Å². The van der Waals surface area contributed by atoms with E-state index in [-0.39, 0.29) is 11.6 Å². The first kappa shape index (κ1) is 21.1. The lowest BCUT2D eigenvalue weighted by Crippen LogP contribution is -2.05. The predicted molar refractivity (Wildman–Crippen MR) is 118 cm³/mol. The third kappa shape index (κ3) is 3.92. The van der Waals surface area contributed by atoms with Crippen molar-refractivity contribution in [1.82, 2.24) is 9.55 Å². The molecule has 162 valence electrons. The molecule has 0 N–H and O–H groups in total.